The molecule has 2 rings (SSSR count). The van der Waals surface area contributed by atoms with Crippen molar-refractivity contribution in [2.24, 2.45) is 0 Å². The summed E-state index contributed by atoms with van der Waals surface area (Å²) in [7, 11) is 0. The molecule has 4 nitrogen and oxygen atoms in total. The standard InChI is InChI=1S/C15H17N3O/c1-11(13-5-3-7-17-10-13)18-15(19)9-12-4-2-6-14(16)8-12/h2-8,10-11H,9,16H2,1H3,(H,18,19)/t11-/m0/s1. The van der Waals surface area contributed by atoms with Gasteiger partial charge in [-0.25, -0.2) is 0 Å². The van der Waals surface area contributed by atoms with E-state index >= 15 is 0 Å². The van der Waals surface area contributed by atoms with Crippen molar-refractivity contribution in [3.63, 3.8) is 0 Å². The quantitative estimate of drug-likeness (QED) is 0.822. The van der Waals surface area contributed by atoms with Crippen molar-refractivity contribution in [2.45, 2.75) is 19.4 Å². The molecule has 0 radical (unpaired) electrons. The Kier molecular flexibility index (Phi) is 4.13. The summed E-state index contributed by atoms with van der Waals surface area (Å²) in [5.74, 6) is -0.0260. The third-order valence-corrected chi connectivity index (χ3v) is 2.88. The van der Waals surface area contributed by atoms with E-state index in [4.69, 9.17) is 5.73 Å². The molecule has 0 unspecified atom stereocenters. The van der Waals surface area contributed by atoms with Crippen molar-refractivity contribution < 1.29 is 4.79 Å². The molecule has 4 heteroatoms. The second kappa shape index (κ2) is 6.00. The maximum Gasteiger partial charge on any atom is 0.224 e. The Morgan fingerprint density at radius 2 is 2.21 bits per heavy atom. The molecular formula is C15H17N3O. The summed E-state index contributed by atoms with van der Waals surface area (Å²) in [5.41, 5.74) is 8.26. The molecule has 1 amide bonds. The van der Waals surface area contributed by atoms with Gasteiger partial charge in [0.15, 0.2) is 0 Å². The van der Waals surface area contributed by atoms with Gasteiger partial charge in [0, 0.05) is 18.1 Å². The van der Waals surface area contributed by atoms with E-state index in [0.29, 0.717) is 12.1 Å². The van der Waals surface area contributed by atoms with E-state index in [0.717, 1.165) is 11.1 Å². The molecule has 0 aliphatic rings. The number of benzene rings is 1. The number of pyridine rings is 1. The van der Waals surface area contributed by atoms with Crippen molar-refractivity contribution in [3.05, 3.63) is 59.9 Å². The molecule has 0 spiro atoms. The Morgan fingerprint density at radius 1 is 1.37 bits per heavy atom. The number of amides is 1. The number of nitrogens with two attached hydrogens (primary N) is 1. The van der Waals surface area contributed by atoms with Crippen molar-refractivity contribution in [2.75, 3.05) is 5.73 Å². The molecule has 1 atom stereocenters. The molecule has 1 heterocycles. The number of nitrogens with zero attached hydrogens (tertiary/aromatic N) is 1. The van der Waals surface area contributed by atoms with Gasteiger partial charge in [0.2, 0.25) is 5.91 Å². The van der Waals surface area contributed by atoms with Gasteiger partial charge in [0.25, 0.3) is 0 Å². The fourth-order valence-electron chi connectivity index (χ4n) is 1.90. The van der Waals surface area contributed by atoms with Crippen LogP contribution in [0.2, 0.25) is 0 Å². The van der Waals surface area contributed by atoms with Gasteiger partial charge in [-0.3, -0.25) is 9.78 Å². The molecule has 0 fully saturated rings. The van der Waals surface area contributed by atoms with E-state index in [9.17, 15) is 4.79 Å². The average Bonchev–Trinajstić information content (AvgIpc) is 2.39. The summed E-state index contributed by atoms with van der Waals surface area (Å²) < 4.78 is 0. The second-order valence-corrected chi connectivity index (χ2v) is 4.50. The highest BCUT2D eigenvalue weighted by molar-refractivity contribution is 5.79. The average molecular weight is 255 g/mol. The molecule has 1 aromatic carbocycles. The topological polar surface area (TPSA) is 68.0 Å². The number of carbonyl (C=O) groups is 1. The second-order valence-electron chi connectivity index (χ2n) is 4.50. The van der Waals surface area contributed by atoms with Gasteiger partial charge in [-0.05, 0) is 36.2 Å². The number of hydrogen-bond donors (Lipinski definition) is 2. The van der Waals surface area contributed by atoms with Gasteiger partial charge in [-0.2, -0.15) is 0 Å². The van der Waals surface area contributed by atoms with E-state index in [-0.39, 0.29) is 11.9 Å². The van der Waals surface area contributed by atoms with Gasteiger partial charge in [-0.1, -0.05) is 18.2 Å². The first-order chi connectivity index (χ1) is 9.15. The number of anilines is 1. The SMILES string of the molecule is C[C@H](NC(=O)Cc1cccc(N)c1)c1cccnc1. The van der Waals surface area contributed by atoms with Crippen LogP contribution in [-0.2, 0) is 11.2 Å². The van der Waals surface area contributed by atoms with Crippen molar-refractivity contribution >= 4 is 11.6 Å². The van der Waals surface area contributed by atoms with Crippen LogP contribution in [0.25, 0.3) is 0 Å². The summed E-state index contributed by atoms with van der Waals surface area (Å²) >= 11 is 0. The lowest BCUT2D eigenvalue weighted by Gasteiger charge is -2.13. The van der Waals surface area contributed by atoms with Gasteiger partial charge in [0.1, 0.15) is 0 Å². The highest BCUT2D eigenvalue weighted by Crippen LogP contribution is 2.11. The number of rotatable bonds is 4. The largest absolute Gasteiger partial charge is 0.399 e. The van der Waals surface area contributed by atoms with Crippen LogP contribution in [0.5, 0.6) is 0 Å². The fourth-order valence-corrected chi connectivity index (χ4v) is 1.90. The number of nitrogens with one attached hydrogen (secondary N) is 1. The van der Waals surface area contributed by atoms with Crippen molar-refractivity contribution in [1.82, 2.24) is 10.3 Å². The smallest absolute Gasteiger partial charge is 0.224 e. The highest BCUT2D eigenvalue weighted by atomic mass is 16.1. The first kappa shape index (κ1) is 13.1. The maximum atomic E-state index is 11.9. The lowest BCUT2D eigenvalue weighted by atomic mass is 10.1. The monoisotopic (exact) mass is 255 g/mol. The minimum Gasteiger partial charge on any atom is -0.399 e. The summed E-state index contributed by atoms with van der Waals surface area (Å²) in [4.78, 5) is 16.0. The van der Waals surface area contributed by atoms with Gasteiger partial charge in [-0.15, -0.1) is 0 Å². The van der Waals surface area contributed by atoms with E-state index in [2.05, 4.69) is 10.3 Å². The Labute approximate surface area is 112 Å². The molecule has 3 N–H and O–H groups in total. The van der Waals surface area contributed by atoms with Crippen LogP contribution >= 0.6 is 0 Å². The van der Waals surface area contributed by atoms with Crippen LogP contribution in [-0.4, -0.2) is 10.9 Å². The van der Waals surface area contributed by atoms with Gasteiger partial charge >= 0.3 is 0 Å². The minimum absolute atomic E-state index is 0.0260. The number of aromatic nitrogens is 1. The molecule has 0 bridgehead atoms. The summed E-state index contributed by atoms with van der Waals surface area (Å²) in [6.07, 6.45) is 3.80. The van der Waals surface area contributed by atoms with Gasteiger partial charge in [0.05, 0.1) is 12.5 Å². The Morgan fingerprint density at radius 3 is 2.89 bits per heavy atom. The predicted molar refractivity (Wildman–Crippen MR) is 75.4 cm³/mol. The van der Waals surface area contributed by atoms with Crippen LogP contribution in [0, 0.1) is 0 Å². The number of hydrogen-bond acceptors (Lipinski definition) is 3. The highest BCUT2D eigenvalue weighted by Gasteiger charge is 2.10. The molecule has 0 aliphatic carbocycles. The fraction of sp³-hybridized carbons (Fsp3) is 0.200. The molecular weight excluding hydrogens is 238 g/mol. The number of carbonyl (C=O) groups excluding carboxylic acids is 1. The van der Waals surface area contributed by atoms with E-state index < -0.39 is 0 Å². The van der Waals surface area contributed by atoms with Crippen LogP contribution in [0.1, 0.15) is 24.1 Å². The molecule has 0 saturated carbocycles. The zero-order valence-corrected chi connectivity index (χ0v) is 10.8. The Balaban J connectivity index is 1.95. The normalized spacial score (nSPS) is 11.8. The zero-order valence-electron chi connectivity index (χ0n) is 10.8. The number of nitrogen functional groups attached to an aromatic ring is 1. The molecule has 1 aromatic heterocycles. The first-order valence-corrected chi connectivity index (χ1v) is 6.19. The molecule has 98 valence electrons. The van der Waals surface area contributed by atoms with E-state index in [1.54, 1.807) is 18.5 Å². The first-order valence-electron chi connectivity index (χ1n) is 6.19. The van der Waals surface area contributed by atoms with Crippen LogP contribution < -0.4 is 11.1 Å². The summed E-state index contributed by atoms with van der Waals surface area (Å²) in [6, 6.07) is 11.1. The van der Waals surface area contributed by atoms with Gasteiger partial charge < -0.3 is 11.1 Å². The third-order valence-electron chi connectivity index (χ3n) is 2.88. The summed E-state index contributed by atoms with van der Waals surface area (Å²) in [6.45, 7) is 1.94. The molecule has 19 heavy (non-hydrogen) atoms. The van der Waals surface area contributed by atoms with Crippen LogP contribution in [0.3, 0.4) is 0 Å². The third kappa shape index (κ3) is 3.81. The predicted octanol–water partition coefficient (Wildman–Crippen LogP) is 2.08. The van der Waals surface area contributed by atoms with Crippen LogP contribution in [0.15, 0.2) is 48.8 Å². The van der Waals surface area contributed by atoms with E-state index in [1.165, 1.54) is 0 Å². The Bertz CT molecular complexity index is 554. The maximum absolute atomic E-state index is 11.9. The lowest BCUT2D eigenvalue weighted by Crippen LogP contribution is -2.28. The van der Waals surface area contributed by atoms with Crippen molar-refractivity contribution in [1.29, 1.82) is 0 Å². The van der Waals surface area contributed by atoms with Crippen molar-refractivity contribution in [3.8, 4) is 0 Å². The molecule has 2 aromatic rings. The molecule has 0 aliphatic heterocycles. The Hall–Kier alpha value is -2.36. The van der Waals surface area contributed by atoms with Crippen LogP contribution in [0.4, 0.5) is 5.69 Å². The lowest BCUT2D eigenvalue weighted by molar-refractivity contribution is -0.121. The summed E-state index contributed by atoms with van der Waals surface area (Å²) in [5, 5.41) is 2.94. The zero-order chi connectivity index (χ0) is 13.7. The molecule has 0 saturated heterocycles. The van der Waals surface area contributed by atoms with E-state index in [1.807, 2.05) is 37.3 Å². The minimum atomic E-state index is -0.0535.